The summed E-state index contributed by atoms with van der Waals surface area (Å²) < 4.78 is 0. The number of rotatable bonds is 5. The maximum Gasteiger partial charge on any atom is 0.303 e. The number of amides is 1. The molecule has 1 amide bonds. The molecule has 108 valence electrons. The highest BCUT2D eigenvalue weighted by atomic mass is 16.4. The second-order valence-electron chi connectivity index (χ2n) is 5.02. The number of hydrogen-bond donors (Lipinski definition) is 2. The van der Waals surface area contributed by atoms with Crippen LogP contribution in [0, 0.1) is 0 Å². The summed E-state index contributed by atoms with van der Waals surface area (Å²) in [5, 5.41) is 8.82. The van der Waals surface area contributed by atoms with Crippen molar-refractivity contribution in [3.05, 3.63) is 23.9 Å². The Balaban J connectivity index is 2.16. The number of carboxylic acids is 1. The van der Waals surface area contributed by atoms with E-state index in [0.29, 0.717) is 12.2 Å². The molecule has 1 aromatic rings. The second kappa shape index (κ2) is 6.36. The summed E-state index contributed by atoms with van der Waals surface area (Å²) in [5.41, 5.74) is 5.49. The summed E-state index contributed by atoms with van der Waals surface area (Å²) >= 11 is 0. The monoisotopic (exact) mass is 277 g/mol. The lowest BCUT2D eigenvalue weighted by Gasteiger charge is -2.36. The Morgan fingerprint density at radius 3 is 2.90 bits per heavy atom. The molecule has 0 bridgehead atoms. The van der Waals surface area contributed by atoms with E-state index >= 15 is 0 Å². The molecule has 0 radical (unpaired) electrons. The van der Waals surface area contributed by atoms with Crippen LogP contribution in [0.25, 0.3) is 0 Å². The number of nitrogens with zero attached hydrogens (tertiary/aromatic N) is 2. The highest BCUT2D eigenvalue weighted by Gasteiger charge is 2.24. The van der Waals surface area contributed by atoms with Gasteiger partial charge in [-0.05, 0) is 37.8 Å². The summed E-state index contributed by atoms with van der Waals surface area (Å²) in [6, 6.07) is 5.34. The number of primary amides is 1. The molecule has 1 aliphatic heterocycles. The van der Waals surface area contributed by atoms with Crippen molar-refractivity contribution in [1.29, 1.82) is 0 Å². The van der Waals surface area contributed by atoms with Crippen molar-refractivity contribution in [2.24, 2.45) is 5.73 Å². The molecule has 0 aromatic carbocycles. The van der Waals surface area contributed by atoms with Crippen molar-refractivity contribution >= 4 is 17.7 Å². The largest absolute Gasteiger partial charge is 0.481 e. The summed E-state index contributed by atoms with van der Waals surface area (Å²) in [4.78, 5) is 28.3. The summed E-state index contributed by atoms with van der Waals surface area (Å²) in [7, 11) is 0. The number of aliphatic carboxylic acids is 1. The first-order chi connectivity index (χ1) is 9.58. The summed E-state index contributed by atoms with van der Waals surface area (Å²) in [6.45, 7) is 0.833. The van der Waals surface area contributed by atoms with Gasteiger partial charge in [0.15, 0.2) is 0 Å². The van der Waals surface area contributed by atoms with Crippen LogP contribution in [0.4, 0.5) is 5.82 Å². The normalized spacial score (nSPS) is 18.8. The minimum Gasteiger partial charge on any atom is -0.481 e. The molecule has 2 rings (SSSR count). The van der Waals surface area contributed by atoms with Crippen LogP contribution in [0.2, 0.25) is 0 Å². The van der Waals surface area contributed by atoms with Crippen molar-refractivity contribution in [3.8, 4) is 0 Å². The van der Waals surface area contributed by atoms with Gasteiger partial charge in [0, 0.05) is 19.0 Å². The Morgan fingerprint density at radius 1 is 1.40 bits per heavy atom. The number of nitrogens with two attached hydrogens (primary N) is 1. The Bertz CT molecular complexity index is 504. The lowest BCUT2D eigenvalue weighted by Crippen LogP contribution is -2.40. The number of pyridine rings is 1. The predicted molar refractivity (Wildman–Crippen MR) is 74.6 cm³/mol. The number of carbonyl (C=O) groups excluding carboxylic acids is 1. The Kier molecular flexibility index (Phi) is 4.55. The van der Waals surface area contributed by atoms with E-state index in [2.05, 4.69) is 9.88 Å². The molecule has 1 aromatic heterocycles. The highest BCUT2D eigenvalue weighted by molar-refractivity contribution is 5.91. The minimum absolute atomic E-state index is 0.149. The average molecular weight is 277 g/mol. The van der Waals surface area contributed by atoms with Crippen LogP contribution < -0.4 is 10.6 Å². The maximum absolute atomic E-state index is 11.2. The van der Waals surface area contributed by atoms with Gasteiger partial charge in [0.1, 0.15) is 11.5 Å². The molecule has 0 spiro atoms. The van der Waals surface area contributed by atoms with E-state index in [1.54, 1.807) is 12.1 Å². The van der Waals surface area contributed by atoms with Crippen LogP contribution in [-0.4, -0.2) is 34.6 Å². The number of carbonyl (C=O) groups is 2. The fourth-order valence-electron chi connectivity index (χ4n) is 2.61. The fraction of sp³-hybridized carbons (Fsp3) is 0.500. The van der Waals surface area contributed by atoms with Gasteiger partial charge in [0.05, 0.1) is 0 Å². The molecule has 20 heavy (non-hydrogen) atoms. The zero-order valence-corrected chi connectivity index (χ0v) is 11.3. The first-order valence-corrected chi connectivity index (χ1v) is 6.83. The van der Waals surface area contributed by atoms with Crippen LogP contribution in [0.1, 0.15) is 42.6 Å². The van der Waals surface area contributed by atoms with Gasteiger partial charge in [-0.2, -0.15) is 0 Å². The lowest BCUT2D eigenvalue weighted by atomic mass is 9.98. The van der Waals surface area contributed by atoms with Crippen molar-refractivity contribution in [2.75, 3.05) is 11.4 Å². The third kappa shape index (κ3) is 3.46. The SMILES string of the molecule is NC(=O)c1cccc(N2CCCCC2CCC(=O)O)n1. The number of aromatic nitrogens is 1. The third-order valence-corrected chi connectivity index (χ3v) is 3.60. The summed E-state index contributed by atoms with van der Waals surface area (Å²) in [5.74, 6) is -0.628. The van der Waals surface area contributed by atoms with Gasteiger partial charge < -0.3 is 15.7 Å². The van der Waals surface area contributed by atoms with Gasteiger partial charge in [-0.15, -0.1) is 0 Å². The van der Waals surface area contributed by atoms with Crippen LogP contribution in [0.15, 0.2) is 18.2 Å². The zero-order valence-electron chi connectivity index (χ0n) is 11.3. The van der Waals surface area contributed by atoms with Gasteiger partial charge in [-0.25, -0.2) is 4.98 Å². The molecule has 6 nitrogen and oxygen atoms in total. The maximum atomic E-state index is 11.2. The zero-order chi connectivity index (χ0) is 14.5. The van der Waals surface area contributed by atoms with Gasteiger partial charge in [0.25, 0.3) is 5.91 Å². The molecular formula is C14H19N3O3. The molecule has 1 unspecified atom stereocenters. The quantitative estimate of drug-likeness (QED) is 0.848. The van der Waals surface area contributed by atoms with E-state index in [4.69, 9.17) is 10.8 Å². The molecule has 1 atom stereocenters. The Labute approximate surface area is 117 Å². The predicted octanol–water partition coefficient (Wildman–Crippen LogP) is 1.40. The molecular weight excluding hydrogens is 258 g/mol. The fourth-order valence-corrected chi connectivity index (χ4v) is 2.61. The standard InChI is InChI=1S/C14H19N3O3/c15-14(20)11-5-3-6-12(16-11)17-9-2-1-4-10(17)7-8-13(18)19/h3,5-6,10H,1-2,4,7-9H2,(H2,15,20)(H,18,19). The number of anilines is 1. The van der Waals surface area contributed by atoms with Crippen molar-refractivity contribution in [2.45, 2.75) is 38.1 Å². The first kappa shape index (κ1) is 14.3. The van der Waals surface area contributed by atoms with Crippen molar-refractivity contribution < 1.29 is 14.7 Å². The number of piperidine rings is 1. The van der Waals surface area contributed by atoms with Crippen LogP contribution >= 0.6 is 0 Å². The number of carboxylic acid groups (broad SMARTS) is 1. The highest BCUT2D eigenvalue weighted by Crippen LogP contribution is 2.26. The second-order valence-corrected chi connectivity index (χ2v) is 5.02. The van der Waals surface area contributed by atoms with Gasteiger partial charge in [-0.3, -0.25) is 9.59 Å². The Hall–Kier alpha value is -2.11. The first-order valence-electron chi connectivity index (χ1n) is 6.83. The smallest absolute Gasteiger partial charge is 0.303 e. The van der Waals surface area contributed by atoms with Gasteiger partial charge >= 0.3 is 5.97 Å². The van der Waals surface area contributed by atoms with E-state index in [0.717, 1.165) is 25.8 Å². The van der Waals surface area contributed by atoms with Gasteiger partial charge in [0.2, 0.25) is 0 Å². The van der Waals surface area contributed by atoms with E-state index in [9.17, 15) is 9.59 Å². The average Bonchev–Trinajstić information content (AvgIpc) is 2.45. The van der Waals surface area contributed by atoms with Crippen molar-refractivity contribution in [3.63, 3.8) is 0 Å². The Morgan fingerprint density at radius 2 is 2.20 bits per heavy atom. The molecule has 3 N–H and O–H groups in total. The van der Waals surface area contributed by atoms with E-state index in [-0.39, 0.29) is 18.2 Å². The summed E-state index contributed by atoms with van der Waals surface area (Å²) in [6.07, 6.45) is 3.84. The topological polar surface area (TPSA) is 96.5 Å². The van der Waals surface area contributed by atoms with E-state index in [1.165, 1.54) is 0 Å². The van der Waals surface area contributed by atoms with Crippen LogP contribution in [0.5, 0.6) is 0 Å². The minimum atomic E-state index is -0.783. The molecule has 6 heteroatoms. The number of hydrogen-bond acceptors (Lipinski definition) is 4. The molecule has 1 saturated heterocycles. The van der Waals surface area contributed by atoms with E-state index < -0.39 is 11.9 Å². The molecule has 1 aliphatic rings. The van der Waals surface area contributed by atoms with E-state index in [1.807, 2.05) is 6.07 Å². The molecule has 0 aliphatic carbocycles. The van der Waals surface area contributed by atoms with Crippen LogP contribution in [-0.2, 0) is 4.79 Å². The molecule has 0 saturated carbocycles. The van der Waals surface area contributed by atoms with Crippen LogP contribution in [0.3, 0.4) is 0 Å². The molecule has 2 heterocycles. The molecule has 1 fully saturated rings. The van der Waals surface area contributed by atoms with Crippen molar-refractivity contribution in [1.82, 2.24) is 4.98 Å². The lowest BCUT2D eigenvalue weighted by molar-refractivity contribution is -0.137. The van der Waals surface area contributed by atoms with Gasteiger partial charge in [-0.1, -0.05) is 6.07 Å². The third-order valence-electron chi connectivity index (χ3n) is 3.60.